The van der Waals surface area contributed by atoms with Gasteiger partial charge in [0, 0.05) is 30.1 Å². The minimum atomic E-state index is -0.825. The molecular formula is C23H26N2O4. The number of para-hydroxylation sites is 1. The van der Waals surface area contributed by atoms with Gasteiger partial charge in [0.05, 0.1) is 7.11 Å². The summed E-state index contributed by atoms with van der Waals surface area (Å²) in [7, 11) is 1.60. The number of ether oxygens (including phenoxy) is 2. The quantitative estimate of drug-likeness (QED) is 0.542. The Labute approximate surface area is 170 Å². The summed E-state index contributed by atoms with van der Waals surface area (Å²) in [6, 6.07) is 15.5. The van der Waals surface area contributed by atoms with Crippen LogP contribution in [0.1, 0.15) is 30.9 Å². The molecule has 0 aliphatic rings. The number of hydrogen-bond donors (Lipinski definition) is 2. The Morgan fingerprint density at radius 1 is 1.10 bits per heavy atom. The van der Waals surface area contributed by atoms with Crippen LogP contribution in [0.5, 0.6) is 5.75 Å². The molecule has 1 heterocycles. The first-order valence-corrected chi connectivity index (χ1v) is 9.72. The van der Waals surface area contributed by atoms with Gasteiger partial charge in [-0.25, -0.2) is 0 Å². The number of aryl methyl sites for hydroxylation is 1. The van der Waals surface area contributed by atoms with Crippen LogP contribution in [0, 0.1) is 0 Å². The van der Waals surface area contributed by atoms with Crippen LogP contribution in [0.2, 0.25) is 0 Å². The van der Waals surface area contributed by atoms with Crippen LogP contribution >= 0.6 is 0 Å². The molecule has 1 atom stereocenters. The lowest BCUT2D eigenvalue weighted by Gasteiger charge is -2.13. The lowest BCUT2D eigenvalue weighted by atomic mass is 10.1. The monoisotopic (exact) mass is 394 g/mol. The van der Waals surface area contributed by atoms with Gasteiger partial charge in [-0.3, -0.25) is 9.59 Å². The zero-order chi connectivity index (χ0) is 20.6. The number of benzene rings is 2. The summed E-state index contributed by atoms with van der Waals surface area (Å²) in [5.41, 5.74) is 3.21. The number of nitrogens with one attached hydrogen (secondary N) is 2. The topological polar surface area (TPSA) is 80.4 Å². The molecule has 6 heteroatoms. The highest BCUT2D eigenvalue weighted by Crippen LogP contribution is 2.19. The first-order chi connectivity index (χ1) is 14.1. The summed E-state index contributed by atoms with van der Waals surface area (Å²) in [6.07, 6.45) is 2.87. The summed E-state index contributed by atoms with van der Waals surface area (Å²) in [4.78, 5) is 27.5. The second kappa shape index (κ2) is 9.78. The van der Waals surface area contributed by atoms with E-state index >= 15 is 0 Å². The van der Waals surface area contributed by atoms with Crippen molar-refractivity contribution in [1.29, 1.82) is 0 Å². The summed E-state index contributed by atoms with van der Waals surface area (Å²) < 4.78 is 10.4. The van der Waals surface area contributed by atoms with Crippen molar-refractivity contribution in [2.24, 2.45) is 0 Å². The van der Waals surface area contributed by atoms with Crippen LogP contribution in [0.4, 0.5) is 0 Å². The third-order valence-electron chi connectivity index (χ3n) is 4.81. The number of esters is 1. The van der Waals surface area contributed by atoms with E-state index in [0.717, 1.165) is 23.3 Å². The van der Waals surface area contributed by atoms with E-state index in [-0.39, 0.29) is 18.3 Å². The molecule has 0 saturated heterocycles. The van der Waals surface area contributed by atoms with Crippen molar-refractivity contribution < 1.29 is 19.1 Å². The number of aromatic nitrogens is 1. The molecule has 0 spiro atoms. The third-order valence-corrected chi connectivity index (χ3v) is 4.81. The van der Waals surface area contributed by atoms with Crippen LogP contribution < -0.4 is 10.1 Å². The summed E-state index contributed by atoms with van der Waals surface area (Å²) in [6.45, 7) is 1.95. The van der Waals surface area contributed by atoms with E-state index in [2.05, 4.69) is 16.4 Å². The van der Waals surface area contributed by atoms with Crippen molar-refractivity contribution in [2.45, 2.75) is 38.8 Å². The molecule has 29 heavy (non-hydrogen) atoms. The van der Waals surface area contributed by atoms with Crippen molar-refractivity contribution in [3.8, 4) is 5.75 Å². The number of carbonyl (C=O) groups is 2. The fraction of sp³-hybridized carbons (Fsp3) is 0.304. The van der Waals surface area contributed by atoms with Gasteiger partial charge in [-0.05, 0) is 49.1 Å². The molecule has 0 unspecified atom stereocenters. The molecule has 3 rings (SSSR count). The third kappa shape index (κ3) is 5.60. The van der Waals surface area contributed by atoms with Crippen LogP contribution in [0.25, 0.3) is 10.9 Å². The maximum atomic E-state index is 12.2. The Morgan fingerprint density at radius 3 is 2.62 bits per heavy atom. The zero-order valence-electron chi connectivity index (χ0n) is 16.7. The van der Waals surface area contributed by atoms with Crippen LogP contribution in [-0.2, 0) is 27.3 Å². The maximum absolute atomic E-state index is 12.2. The number of rotatable bonds is 9. The molecule has 2 N–H and O–H groups in total. The van der Waals surface area contributed by atoms with E-state index < -0.39 is 6.10 Å². The average Bonchev–Trinajstić information content (AvgIpc) is 3.15. The van der Waals surface area contributed by atoms with Gasteiger partial charge in [-0.1, -0.05) is 30.3 Å². The van der Waals surface area contributed by atoms with E-state index in [0.29, 0.717) is 13.0 Å². The molecule has 1 amide bonds. The van der Waals surface area contributed by atoms with Crippen molar-refractivity contribution in [3.63, 3.8) is 0 Å². The molecule has 0 radical (unpaired) electrons. The van der Waals surface area contributed by atoms with Crippen molar-refractivity contribution in [1.82, 2.24) is 10.3 Å². The van der Waals surface area contributed by atoms with Gasteiger partial charge < -0.3 is 19.8 Å². The first kappa shape index (κ1) is 20.5. The summed E-state index contributed by atoms with van der Waals surface area (Å²) in [5.74, 6) is 0.0812. The highest BCUT2D eigenvalue weighted by molar-refractivity contribution is 5.84. The standard InChI is InChI=1S/C23H26N2O4/c1-16(23(27)25-14-17-10-12-19(28-2)13-11-17)29-22(26)9-5-6-18-15-24-21-8-4-3-7-20(18)21/h3-4,7-8,10-13,15-16,24H,5-6,9,14H2,1-2H3,(H,25,27)/t16-/m1/s1. The van der Waals surface area contributed by atoms with Gasteiger partial charge in [0.1, 0.15) is 5.75 Å². The Bertz CT molecular complexity index is 962. The lowest BCUT2D eigenvalue weighted by molar-refractivity contribution is -0.154. The van der Waals surface area contributed by atoms with Crippen molar-refractivity contribution in [2.75, 3.05) is 7.11 Å². The Balaban J connectivity index is 1.39. The molecule has 0 aliphatic carbocycles. The summed E-state index contributed by atoms with van der Waals surface area (Å²) >= 11 is 0. The normalized spacial score (nSPS) is 11.8. The molecule has 0 fully saturated rings. The van der Waals surface area contributed by atoms with Crippen LogP contribution in [0.15, 0.2) is 54.7 Å². The number of H-pyrrole nitrogens is 1. The summed E-state index contributed by atoms with van der Waals surface area (Å²) in [5, 5.41) is 3.95. The second-order valence-corrected chi connectivity index (χ2v) is 6.91. The lowest BCUT2D eigenvalue weighted by Crippen LogP contribution is -2.35. The highest BCUT2D eigenvalue weighted by Gasteiger charge is 2.17. The minimum Gasteiger partial charge on any atom is -0.497 e. The highest BCUT2D eigenvalue weighted by atomic mass is 16.5. The van der Waals surface area contributed by atoms with Crippen molar-refractivity contribution in [3.05, 3.63) is 65.9 Å². The number of carbonyl (C=O) groups excluding carboxylic acids is 2. The fourth-order valence-corrected chi connectivity index (χ4v) is 3.15. The predicted octanol–water partition coefficient (Wildman–Crippen LogP) is 3.75. The van der Waals surface area contributed by atoms with Gasteiger partial charge in [0.25, 0.3) is 5.91 Å². The number of hydrogen-bond acceptors (Lipinski definition) is 4. The predicted molar refractivity (Wildman–Crippen MR) is 112 cm³/mol. The molecule has 2 aromatic carbocycles. The number of fused-ring (bicyclic) bond motifs is 1. The molecule has 0 aliphatic heterocycles. The van der Waals surface area contributed by atoms with Crippen molar-refractivity contribution >= 4 is 22.8 Å². The molecule has 0 bridgehead atoms. The zero-order valence-corrected chi connectivity index (χ0v) is 16.7. The van der Waals surface area contributed by atoms with E-state index in [1.807, 2.05) is 48.7 Å². The molecule has 1 aromatic heterocycles. The van der Waals surface area contributed by atoms with Gasteiger partial charge in [0.2, 0.25) is 0 Å². The molecule has 0 saturated carbocycles. The molecular weight excluding hydrogens is 368 g/mol. The molecule has 152 valence electrons. The fourth-order valence-electron chi connectivity index (χ4n) is 3.15. The maximum Gasteiger partial charge on any atom is 0.306 e. The number of methoxy groups -OCH3 is 1. The number of aromatic amines is 1. The second-order valence-electron chi connectivity index (χ2n) is 6.91. The number of amides is 1. The SMILES string of the molecule is COc1ccc(CNC(=O)[C@@H](C)OC(=O)CCCc2c[nH]c3ccccc23)cc1. The Hall–Kier alpha value is -3.28. The van der Waals surface area contributed by atoms with Crippen LogP contribution in [-0.4, -0.2) is 30.1 Å². The smallest absolute Gasteiger partial charge is 0.306 e. The van der Waals surface area contributed by atoms with Gasteiger partial charge in [-0.15, -0.1) is 0 Å². The van der Waals surface area contributed by atoms with Gasteiger partial charge >= 0.3 is 5.97 Å². The van der Waals surface area contributed by atoms with Crippen LogP contribution in [0.3, 0.4) is 0 Å². The molecule has 6 nitrogen and oxygen atoms in total. The Morgan fingerprint density at radius 2 is 1.86 bits per heavy atom. The van der Waals surface area contributed by atoms with E-state index in [1.165, 1.54) is 10.9 Å². The van der Waals surface area contributed by atoms with E-state index in [1.54, 1.807) is 14.0 Å². The Kier molecular flexibility index (Phi) is 6.89. The van der Waals surface area contributed by atoms with E-state index in [9.17, 15) is 9.59 Å². The van der Waals surface area contributed by atoms with E-state index in [4.69, 9.17) is 9.47 Å². The van der Waals surface area contributed by atoms with Gasteiger partial charge in [-0.2, -0.15) is 0 Å². The average molecular weight is 394 g/mol. The largest absolute Gasteiger partial charge is 0.497 e. The van der Waals surface area contributed by atoms with Gasteiger partial charge in [0.15, 0.2) is 6.10 Å². The minimum absolute atomic E-state index is 0.273. The molecule has 3 aromatic rings. The first-order valence-electron chi connectivity index (χ1n) is 9.72.